The van der Waals surface area contributed by atoms with Crippen LogP contribution in [0.25, 0.3) is 0 Å². The summed E-state index contributed by atoms with van der Waals surface area (Å²) in [6.45, 7) is 0.378. The lowest BCUT2D eigenvalue weighted by molar-refractivity contribution is -0.116. The molecular formula is C19H21ClN2O5. The maximum absolute atomic E-state index is 12.2. The van der Waals surface area contributed by atoms with Gasteiger partial charge in [0.1, 0.15) is 11.5 Å². The van der Waals surface area contributed by atoms with Gasteiger partial charge in [0.2, 0.25) is 5.91 Å². The number of nitrogens with one attached hydrogen (secondary N) is 2. The Balaban J connectivity index is 1.94. The minimum atomic E-state index is -0.417. The number of esters is 1. The molecule has 2 aromatic rings. The van der Waals surface area contributed by atoms with Crippen LogP contribution < -0.4 is 20.1 Å². The normalized spacial score (nSPS) is 10.1. The molecule has 0 atom stereocenters. The Bertz CT molecular complexity index is 826. The molecule has 8 heteroatoms. The van der Waals surface area contributed by atoms with E-state index >= 15 is 0 Å². The zero-order valence-electron chi connectivity index (χ0n) is 15.3. The summed E-state index contributed by atoms with van der Waals surface area (Å²) in [5.41, 5.74) is 1.62. The monoisotopic (exact) mass is 392 g/mol. The predicted octanol–water partition coefficient (Wildman–Crippen LogP) is 3.58. The number of hydrogen-bond acceptors (Lipinski definition) is 6. The summed E-state index contributed by atoms with van der Waals surface area (Å²) in [5, 5.41) is 6.26. The Hall–Kier alpha value is -2.93. The lowest BCUT2D eigenvalue weighted by Crippen LogP contribution is -2.17. The van der Waals surface area contributed by atoms with E-state index < -0.39 is 5.97 Å². The molecule has 1 amide bonds. The quantitative estimate of drug-likeness (QED) is 0.668. The maximum Gasteiger partial charge on any atom is 0.337 e. The first kappa shape index (κ1) is 20.4. The number of hydrogen-bond donors (Lipinski definition) is 2. The second-order valence-corrected chi connectivity index (χ2v) is 5.89. The SMILES string of the molecule is COC(=O)c1cccc(NCCC(=O)Nc2cc(OC)c(Cl)cc2OC)c1. The molecule has 2 aromatic carbocycles. The molecule has 0 aliphatic heterocycles. The van der Waals surface area contributed by atoms with E-state index in [0.29, 0.717) is 34.3 Å². The molecule has 144 valence electrons. The molecule has 0 saturated carbocycles. The topological polar surface area (TPSA) is 85.9 Å². The smallest absolute Gasteiger partial charge is 0.337 e. The summed E-state index contributed by atoms with van der Waals surface area (Å²) < 4.78 is 15.1. The van der Waals surface area contributed by atoms with Crippen molar-refractivity contribution in [3.63, 3.8) is 0 Å². The van der Waals surface area contributed by atoms with Crippen LogP contribution in [-0.2, 0) is 9.53 Å². The van der Waals surface area contributed by atoms with E-state index in [1.807, 2.05) is 0 Å². The summed E-state index contributed by atoms with van der Waals surface area (Å²) >= 11 is 6.05. The van der Waals surface area contributed by atoms with Crippen LogP contribution in [0, 0.1) is 0 Å². The Kier molecular flexibility index (Phi) is 7.31. The van der Waals surface area contributed by atoms with Crippen LogP contribution in [0.1, 0.15) is 16.8 Å². The van der Waals surface area contributed by atoms with Crippen LogP contribution in [0.15, 0.2) is 36.4 Å². The van der Waals surface area contributed by atoms with E-state index in [9.17, 15) is 9.59 Å². The molecule has 0 aliphatic carbocycles. The number of methoxy groups -OCH3 is 3. The molecule has 0 aromatic heterocycles. The second kappa shape index (κ2) is 9.68. The molecule has 0 fully saturated rings. The highest BCUT2D eigenvalue weighted by Gasteiger charge is 2.12. The average Bonchev–Trinajstić information content (AvgIpc) is 2.68. The van der Waals surface area contributed by atoms with Gasteiger partial charge in [0.15, 0.2) is 0 Å². The van der Waals surface area contributed by atoms with Crippen molar-refractivity contribution in [3.8, 4) is 11.5 Å². The fourth-order valence-corrected chi connectivity index (χ4v) is 2.60. The van der Waals surface area contributed by atoms with Gasteiger partial charge in [-0.2, -0.15) is 0 Å². The van der Waals surface area contributed by atoms with E-state index in [4.69, 9.17) is 21.1 Å². The number of anilines is 2. The fourth-order valence-electron chi connectivity index (χ4n) is 2.37. The molecule has 0 heterocycles. The third-order valence-corrected chi connectivity index (χ3v) is 4.01. The summed E-state index contributed by atoms with van der Waals surface area (Å²) in [7, 11) is 4.31. The third-order valence-electron chi connectivity index (χ3n) is 3.71. The van der Waals surface area contributed by atoms with Crippen molar-refractivity contribution in [2.75, 3.05) is 38.5 Å². The number of rotatable bonds is 8. The first-order valence-electron chi connectivity index (χ1n) is 8.12. The first-order valence-corrected chi connectivity index (χ1v) is 8.50. The van der Waals surface area contributed by atoms with Gasteiger partial charge in [-0.25, -0.2) is 4.79 Å². The van der Waals surface area contributed by atoms with Crippen LogP contribution in [0.4, 0.5) is 11.4 Å². The molecule has 0 saturated heterocycles. The van der Waals surface area contributed by atoms with Crippen molar-refractivity contribution in [2.45, 2.75) is 6.42 Å². The van der Waals surface area contributed by atoms with Gasteiger partial charge in [0.25, 0.3) is 0 Å². The minimum absolute atomic E-state index is 0.205. The van der Waals surface area contributed by atoms with Gasteiger partial charge in [-0.05, 0) is 18.2 Å². The van der Waals surface area contributed by atoms with Crippen LogP contribution in [-0.4, -0.2) is 39.8 Å². The van der Waals surface area contributed by atoms with Crippen molar-refractivity contribution < 1.29 is 23.8 Å². The van der Waals surface area contributed by atoms with Crippen LogP contribution in [0.2, 0.25) is 5.02 Å². The van der Waals surface area contributed by atoms with Gasteiger partial charge < -0.3 is 24.8 Å². The molecule has 2 rings (SSSR count). The highest BCUT2D eigenvalue weighted by molar-refractivity contribution is 6.32. The van der Waals surface area contributed by atoms with E-state index in [0.717, 1.165) is 5.69 Å². The van der Waals surface area contributed by atoms with Crippen LogP contribution in [0.5, 0.6) is 11.5 Å². The number of amides is 1. The Morgan fingerprint density at radius 1 is 1.04 bits per heavy atom. The van der Waals surface area contributed by atoms with Gasteiger partial charge >= 0.3 is 5.97 Å². The molecule has 27 heavy (non-hydrogen) atoms. The van der Waals surface area contributed by atoms with Crippen molar-refractivity contribution in [1.82, 2.24) is 0 Å². The second-order valence-electron chi connectivity index (χ2n) is 5.48. The Labute approximate surface area is 162 Å². The standard InChI is InChI=1S/C19H21ClN2O5/c1-25-16-11-15(17(26-2)10-14(16)20)22-18(23)7-8-21-13-6-4-5-12(9-13)19(24)27-3/h4-6,9-11,21H,7-8H2,1-3H3,(H,22,23). The maximum atomic E-state index is 12.2. The number of carbonyl (C=O) groups excluding carboxylic acids is 2. The zero-order valence-corrected chi connectivity index (χ0v) is 16.1. The predicted molar refractivity (Wildman–Crippen MR) is 104 cm³/mol. The largest absolute Gasteiger partial charge is 0.495 e. The van der Waals surface area contributed by atoms with Gasteiger partial charge in [-0.1, -0.05) is 17.7 Å². The Morgan fingerprint density at radius 3 is 2.44 bits per heavy atom. The lowest BCUT2D eigenvalue weighted by Gasteiger charge is -2.13. The van der Waals surface area contributed by atoms with Crippen molar-refractivity contribution in [3.05, 3.63) is 47.0 Å². The van der Waals surface area contributed by atoms with Gasteiger partial charge in [0, 0.05) is 30.8 Å². The van der Waals surface area contributed by atoms with Crippen molar-refractivity contribution in [2.24, 2.45) is 0 Å². The summed E-state index contributed by atoms with van der Waals surface area (Å²) in [6, 6.07) is 10.0. The summed E-state index contributed by atoms with van der Waals surface area (Å²) in [4.78, 5) is 23.8. The van der Waals surface area contributed by atoms with Gasteiger partial charge in [-0.15, -0.1) is 0 Å². The van der Waals surface area contributed by atoms with Crippen LogP contribution >= 0.6 is 11.6 Å². The molecule has 7 nitrogen and oxygen atoms in total. The number of benzene rings is 2. The van der Waals surface area contributed by atoms with E-state index in [2.05, 4.69) is 15.4 Å². The fraction of sp³-hybridized carbons (Fsp3) is 0.263. The highest BCUT2D eigenvalue weighted by atomic mass is 35.5. The van der Waals surface area contributed by atoms with Gasteiger partial charge in [0.05, 0.1) is 37.6 Å². The molecule has 2 N–H and O–H groups in total. The van der Waals surface area contributed by atoms with Crippen molar-refractivity contribution >= 4 is 34.9 Å². The molecule has 0 bridgehead atoms. The lowest BCUT2D eigenvalue weighted by atomic mass is 10.2. The van der Waals surface area contributed by atoms with Crippen LogP contribution in [0.3, 0.4) is 0 Å². The average molecular weight is 393 g/mol. The van der Waals surface area contributed by atoms with Gasteiger partial charge in [-0.3, -0.25) is 4.79 Å². The highest BCUT2D eigenvalue weighted by Crippen LogP contribution is 2.35. The molecular weight excluding hydrogens is 372 g/mol. The zero-order chi connectivity index (χ0) is 19.8. The Morgan fingerprint density at radius 2 is 1.78 bits per heavy atom. The number of ether oxygens (including phenoxy) is 3. The molecule has 0 unspecified atom stereocenters. The third kappa shape index (κ3) is 5.52. The van der Waals surface area contributed by atoms with Crippen molar-refractivity contribution in [1.29, 1.82) is 0 Å². The first-order chi connectivity index (χ1) is 13.0. The number of halogens is 1. The number of carbonyl (C=O) groups is 2. The minimum Gasteiger partial charge on any atom is -0.495 e. The molecule has 0 spiro atoms. The van der Waals surface area contributed by atoms with E-state index in [1.165, 1.54) is 21.3 Å². The van der Waals surface area contributed by atoms with E-state index in [-0.39, 0.29) is 12.3 Å². The molecule has 0 aliphatic rings. The summed E-state index contributed by atoms with van der Waals surface area (Å²) in [6.07, 6.45) is 0.205. The van der Waals surface area contributed by atoms with E-state index in [1.54, 1.807) is 36.4 Å². The summed E-state index contributed by atoms with van der Waals surface area (Å²) in [5.74, 6) is 0.243. The molecule has 0 radical (unpaired) electrons.